The van der Waals surface area contributed by atoms with Crippen molar-refractivity contribution < 1.29 is 4.74 Å². The van der Waals surface area contributed by atoms with E-state index in [-0.39, 0.29) is 11.9 Å². The van der Waals surface area contributed by atoms with Crippen molar-refractivity contribution in [3.8, 4) is 0 Å². The molecule has 64 valence electrons. The Balaban J connectivity index is 3.91. The molecule has 0 fully saturated rings. The predicted molar refractivity (Wildman–Crippen MR) is 44.9 cm³/mol. The number of hydrogen-bond donors (Lipinski definition) is 3. The van der Waals surface area contributed by atoms with Crippen molar-refractivity contribution in [1.29, 1.82) is 0 Å². The summed E-state index contributed by atoms with van der Waals surface area (Å²) in [5.41, 5.74) is 15.7. The molecule has 0 bridgehead atoms. The molecule has 0 atom stereocenters. The molecule has 0 amide bonds. The molecule has 0 spiro atoms. The van der Waals surface area contributed by atoms with Crippen LogP contribution in [0.15, 0.2) is 23.9 Å². The van der Waals surface area contributed by atoms with Crippen LogP contribution in [0.5, 0.6) is 0 Å². The van der Waals surface area contributed by atoms with E-state index >= 15 is 0 Å². The van der Waals surface area contributed by atoms with Gasteiger partial charge in [0.2, 0.25) is 0 Å². The Labute approximate surface area is 66.7 Å². The first-order valence-electron chi connectivity index (χ1n) is 3.37. The van der Waals surface area contributed by atoms with Gasteiger partial charge in [-0.3, -0.25) is 0 Å². The molecule has 0 aliphatic carbocycles. The van der Waals surface area contributed by atoms with E-state index in [1.54, 1.807) is 0 Å². The summed E-state index contributed by atoms with van der Waals surface area (Å²) in [4.78, 5) is 0. The summed E-state index contributed by atoms with van der Waals surface area (Å²) in [5, 5.41) is 0. The second kappa shape index (κ2) is 4.49. The molecule has 11 heavy (non-hydrogen) atoms. The fourth-order valence-corrected chi connectivity index (χ4v) is 0.490. The predicted octanol–water partition coefficient (Wildman–Crippen LogP) is -0.0297. The highest BCUT2D eigenvalue weighted by Crippen LogP contribution is 1.95. The molecule has 0 aliphatic heterocycles. The van der Waals surface area contributed by atoms with Gasteiger partial charge in [-0.1, -0.05) is 0 Å². The van der Waals surface area contributed by atoms with E-state index in [0.717, 1.165) is 0 Å². The number of nitrogens with two attached hydrogens (primary N) is 3. The summed E-state index contributed by atoms with van der Waals surface area (Å²) in [6, 6.07) is 0. The lowest BCUT2D eigenvalue weighted by Gasteiger charge is -2.07. The van der Waals surface area contributed by atoms with Crippen molar-refractivity contribution in [2.75, 3.05) is 0 Å². The van der Waals surface area contributed by atoms with Crippen LogP contribution >= 0.6 is 0 Å². The molecule has 4 nitrogen and oxygen atoms in total. The highest BCUT2D eigenvalue weighted by molar-refractivity contribution is 5.08. The van der Waals surface area contributed by atoms with Crippen LogP contribution in [-0.2, 0) is 4.74 Å². The van der Waals surface area contributed by atoms with Crippen molar-refractivity contribution in [3.05, 3.63) is 23.9 Å². The topological polar surface area (TPSA) is 87.3 Å². The molecule has 0 rings (SSSR count). The van der Waals surface area contributed by atoms with Gasteiger partial charge in [-0.2, -0.15) is 0 Å². The van der Waals surface area contributed by atoms with Crippen LogP contribution in [0.2, 0.25) is 0 Å². The standard InChI is InChI=1S/C7H15N3O/c1-5(2)11-7(10)4-3-6(8)9/h3-5H,8-10H2,1-2H3/b7-4+. The number of ether oxygens (including phenoxy) is 1. The van der Waals surface area contributed by atoms with Crippen LogP contribution in [0.1, 0.15) is 13.8 Å². The van der Waals surface area contributed by atoms with Gasteiger partial charge in [0, 0.05) is 6.08 Å². The third-order valence-corrected chi connectivity index (χ3v) is 0.812. The summed E-state index contributed by atoms with van der Waals surface area (Å²) in [6.45, 7) is 3.77. The minimum atomic E-state index is 0.0682. The zero-order valence-corrected chi connectivity index (χ0v) is 6.87. The lowest BCUT2D eigenvalue weighted by molar-refractivity contribution is 0.145. The highest BCUT2D eigenvalue weighted by Gasteiger charge is 1.92. The SMILES string of the molecule is CC(C)O/C(N)=C/C=C(N)N. The summed E-state index contributed by atoms with van der Waals surface area (Å²) in [7, 11) is 0. The summed E-state index contributed by atoms with van der Waals surface area (Å²) in [6.07, 6.45) is 3.08. The Bertz CT molecular complexity index is 169. The van der Waals surface area contributed by atoms with Crippen LogP contribution in [-0.4, -0.2) is 6.10 Å². The van der Waals surface area contributed by atoms with E-state index in [0.29, 0.717) is 5.88 Å². The summed E-state index contributed by atoms with van der Waals surface area (Å²) in [5.74, 6) is 0.522. The maximum Gasteiger partial charge on any atom is 0.184 e. The second-order valence-corrected chi connectivity index (χ2v) is 2.40. The summed E-state index contributed by atoms with van der Waals surface area (Å²) < 4.78 is 5.08. The van der Waals surface area contributed by atoms with Crippen LogP contribution in [0.4, 0.5) is 0 Å². The van der Waals surface area contributed by atoms with Gasteiger partial charge in [0.15, 0.2) is 5.88 Å². The van der Waals surface area contributed by atoms with E-state index in [2.05, 4.69) is 0 Å². The fourth-order valence-electron chi connectivity index (χ4n) is 0.490. The molecule has 0 aromatic heterocycles. The molecule has 0 aromatic rings. The monoisotopic (exact) mass is 157 g/mol. The van der Waals surface area contributed by atoms with Gasteiger partial charge in [-0.25, -0.2) is 0 Å². The van der Waals surface area contributed by atoms with E-state index < -0.39 is 0 Å². The molecule has 0 saturated heterocycles. The number of rotatable bonds is 3. The van der Waals surface area contributed by atoms with Gasteiger partial charge in [-0.05, 0) is 19.9 Å². The molecular weight excluding hydrogens is 142 g/mol. The lowest BCUT2D eigenvalue weighted by atomic mass is 10.4. The Kier molecular flexibility index (Phi) is 3.95. The minimum absolute atomic E-state index is 0.0682. The Hall–Kier alpha value is -1.32. The smallest absolute Gasteiger partial charge is 0.184 e. The second-order valence-electron chi connectivity index (χ2n) is 2.40. The van der Waals surface area contributed by atoms with Gasteiger partial charge in [0.1, 0.15) is 0 Å². The Morgan fingerprint density at radius 1 is 1.18 bits per heavy atom. The Morgan fingerprint density at radius 2 is 1.73 bits per heavy atom. The molecule has 0 heterocycles. The fraction of sp³-hybridized carbons (Fsp3) is 0.429. The van der Waals surface area contributed by atoms with E-state index in [4.69, 9.17) is 21.9 Å². The van der Waals surface area contributed by atoms with Crippen LogP contribution in [0.25, 0.3) is 0 Å². The average Bonchev–Trinajstić information content (AvgIpc) is 1.82. The number of allylic oxidation sites excluding steroid dienone is 2. The molecule has 0 saturated carbocycles. The molecule has 0 unspecified atom stereocenters. The molecular formula is C7H15N3O. The molecule has 0 aliphatic rings. The zero-order chi connectivity index (χ0) is 8.85. The average molecular weight is 157 g/mol. The first kappa shape index (κ1) is 9.68. The minimum Gasteiger partial charge on any atom is -0.477 e. The van der Waals surface area contributed by atoms with Crippen molar-refractivity contribution in [2.45, 2.75) is 20.0 Å². The van der Waals surface area contributed by atoms with Crippen molar-refractivity contribution in [1.82, 2.24) is 0 Å². The summed E-state index contributed by atoms with van der Waals surface area (Å²) >= 11 is 0. The van der Waals surface area contributed by atoms with Gasteiger partial charge in [0.05, 0.1) is 11.9 Å². The third-order valence-electron chi connectivity index (χ3n) is 0.812. The van der Waals surface area contributed by atoms with E-state index in [9.17, 15) is 0 Å². The molecule has 0 radical (unpaired) electrons. The molecule has 4 heteroatoms. The van der Waals surface area contributed by atoms with Gasteiger partial charge in [0.25, 0.3) is 0 Å². The third kappa shape index (κ3) is 6.57. The van der Waals surface area contributed by atoms with Gasteiger partial charge >= 0.3 is 0 Å². The van der Waals surface area contributed by atoms with Crippen LogP contribution < -0.4 is 17.2 Å². The first-order valence-corrected chi connectivity index (χ1v) is 3.37. The number of hydrogen-bond acceptors (Lipinski definition) is 4. The first-order chi connectivity index (χ1) is 5.02. The van der Waals surface area contributed by atoms with Gasteiger partial charge < -0.3 is 21.9 Å². The quantitative estimate of drug-likeness (QED) is 0.396. The van der Waals surface area contributed by atoms with Gasteiger partial charge in [-0.15, -0.1) is 0 Å². The normalized spacial score (nSPS) is 11.4. The van der Waals surface area contributed by atoms with E-state index in [1.807, 2.05) is 13.8 Å². The molecule has 0 aromatic carbocycles. The van der Waals surface area contributed by atoms with Crippen molar-refractivity contribution >= 4 is 0 Å². The van der Waals surface area contributed by atoms with Crippen molar-refractivity contribution in [3.63, 3.8) is 0 Å². The van der Waals surface area contributed by atoms with Crippen LogP contribution in [0, 0.1) is 0 Å². The zero-order valence-electron chi connectivity index (χ0n) is 6.87. The maximum atomic E-state index is 5.41. The van der Waals surface area contributed by atoms with Crippen molar-refractivity contribution in [2.24, 2.45) is 17.2 Å². The maximum absolute atomic E-state index is 5.41. The van der Waals surface area contributed by atoms with E-state index in [1.165, 1.54) is 12.2 Å². The van der Waals surface area contributed by atoms with Crippen LogP contribution in [0.3, 0.4) is 0 Å². The Morgan fingerprint density at radius 3 is 2.09 bits per heavy atom. The largest absolute Gasteiger partial charge is 0.477 e. The molecule has 6 N–H and O–H groups in total. The highest BCUT2D eigenvalue weighted by atomic mass is 16.5. The lowest BCUT2D eigenvalue weighted by Crippen LogP contribution is -2.10.